The molecule has 0 atom stereocenters. The fraction of sp³-hybridized carbons (Fsp3) is 0.400. The van der Waals surface area contributed by atoms with Crippen LogP contribution in [0.2, 0.25) is 0 Å². The Bertz CT molecular complexity index is 957. The van der Waals surface area contributed by atoms with Crippen LogP contribution in [0.1, 0.15) is 31.1 Å². The summed E-state index contributed by atoms with van der Waals surface area (Å²) >= 11 is 0. The number of allylic oxidation sites excluding steroid dienone is 1. The van der Waals surface area contributed by atoms with Gasteiger partial charge in [0.05, 0.1) is 16.4 Å². The molecule has 1 aromatic heterocycles. The molecular formula is C20H24F2N4O. The lowest BCUT2D eigenvalue weighted by Crippen LogP contribution is -2.48. The normalized spacial score (nSPS) is 16.4. The van der Waals surface area contributed by atoms with Crippen molar-refractivity contribution in [1.82, 2.24) is 14.4 Å². The first-order valence-corrected chi connectivity index (χ1v) is 9.07. The van der Waals surface area contributed by atoms with Crippen LogP contribution in [0.3, 0.4) is 0 Å². The van der Waals surface area contributed by atoms with E-state index in [9.17, 15) is 13.6 Å². The van der Waals surface area contributed by atoms with Gasteiger partial charge in [0.2, 0.25) is 0 Å². The van der Waals surface area contributed by atoms with Gasteiger partial charge in [0, 0.05) is 49.9 Å². The summed E-state index contributed by atoms with van der Waals surface area (Å²) in [5, 5.41) is 8.25. The zero-order valence-corrected chi connectivity index (χ0v) is 15.8. The third-order valence-corrected chi connectivity index (χ3v) is 5.12. The number of halogens is 2. The van der Waals surface area contributed by atoms with Gasteiger partial charge < -0.3 is 9.47 Å². The largest absolute Gasteiger partial charge is 0.355 e. The van der Waals surface area contributed by atoms with E-state index in [4.69, 9.17) is 5.41 Å². The Morgan fingerprint density at radius 1 is 1.15 bits per heavy atom. The molecule has 0 spiro atoms. The molecule has 1 aliphatic rings. The van der Waals surface area contributed by atoms with E-state index in [2.05, 4.69) is 23.6 Å². The maximum Gasteiger partial charge on any atom is 0.160 e. The lowest BCUT2D eigenvalue weighted by molar-refractivity contribution is 0.112. The van der Waals surface area contributed by atoms with Crippen LogP contribution in [0, 0.1) is 17.0 Å². The summed E-state index contributed by atoms with van der Waals surface area (Å²) in [6.45, 7) is 9.56. The maximum absolute atomic E-state index is 13.9. The molecule has 5 nitrogen and oxygen atoms in total. The summed E-state index contributed by atoms with van der Waals surface area (Å²) in [5.41, 5.74) is 0.498. The third kappa shape index (κ3) is 3.51. The van der Waals surface area contributed by atoms with Crippen molar-refractivity contribution in [1.29, 1.82) is 5.41 Å². The first-order chi connectivity index (χ1) is 12.9. The zero-order chi connectivity index (χ0) is 19.7. The maximum atomic E-state index is 13.9. The van der Waals surface area contributed by atoms with Crippen molar-refractivity contribution in [2.45, 2.75) is 26.8 Å². The average Bonchev–Trinajstić information content (AvgIpc) is 2.66. The second kappa shape index (κ2) is 7.60. The molecule has 3 rings (SSSR count). The number of aldehydes is 1. The number of carbonyl (C=O) groups excluding carboxylic acids is 1. The van der Waals surface area contributed by atoms with Crippen molar-refractivity contribution >= 4 is 23.0 Å². The summed E-state index contributed by atoms with van der Waals surface area (Å²) in [6, 6.07) is 2.54. The number of fused-ring (bicyclic) bond motifs is 1. The van der Waals surface area contributed by atoms with Gasteiger partial charge in [-0.25, -0.2) is 8.78 Å². The fourth-order valence-electron chi connectivity index (χ4n) is 3.58. The minimum absolute atomic E-state index is 0.102. The van der Waals surface area contributed by atoms with Gasteiger partial charge in [-0.05, 0) is 32.9 Å². The monoisotopic (exact) mass is 374 g/mol. The number of nitrogens with zero attached hydrogens (tertiary/aromatic N) is 3. The highest BCUT2D eigenvalue weighted by Crippen LogP contribution is 2.23. The molecule has 1 aliphatic heterocycles. The smallest absolute Gasteiger partial charge is 0.160 e. The molecule has 0 aliphatic carbocycles. The predicted octanol–water partition coefficient (Wildman–Crippen LogP) is 3.06. The fourth-order valence-corrected chi connectivity index (χ4v) is 3.58. The summed E-state index contributed by atoms with van der Waals surface area (Å²) in [6.07, 6.45) is 3.99. The van der Waals surface area contributed by atoms with Gasteiger partial charge in [-0.2, -0.15) is 0 Å². The van der Waals surface area contributed by atoms with E-state index in [-0.39, 0.29) is 16.3 Å². The summed E-state index contributed by atoms with van der Waals surface area (Å²) in [5.74, 6) is -1.22. The van der Waals surface area contributed by atoms with E-state index in [0.29, 0.717) is 17.8 Å². The lowest BCUT2D eigenvalue weighted by Gasteiger charge is -2.39. The molecule has 0 bridgehead atoms. The number of hydrogen-bond acceptors (Lipinski definition) is 4. The van der Waals surface area contributed by atoms with Crippen molar-refractivity contribution in [3.8, 4) is 0 Å². The van der Waals surface area contributed by atoms with E-state index >= 15 is 0 Å². The molecule has 2 heterocycles. The zero-order valence-electron chi connectivity index (χ0n) is 15.8. The number of rotatable bonds is 4. The molecule has 0 radical (unpaired) electrons. The van der Waals surface area contributed by atoms with E-state index < -0.39 is 11.6 Å². The minimum Gasteiger partial charge on any atom is -0.355 e. The molecule has 1 N–H and O–H groups in total. The average molecular weight is 374 g/mol. The minimum atomic E-state index is -1.03. The van der Waals surface area contributed by atoms with E-state index in [0.717, 1.165) is 44.1 Å². The number of carbonyl (C=O) groups is 1. The Kier molecular flexibility index (Phi) is 5.41. The summed E-state index contributed by atoms with van der Waals surface area (Å²) in [7, 11) is 0. The molecule has 7 heteroatoms. The number of aromatic nitrogens is 1. The van der Waals surface area contributed by atoms with Crippen LogP contribution in [-0.2, 0) is 0 Å². The van der Waals surface area contributed by atoms with Crippen LogP contribution in [0.25, 0.3) is 16.7 Å². The van der Waals surface area contributed by atoms with Gasteiger partial charge in [-0.15, -0.1) is 0 Å². The molecular weight excluding hydrogens is 350 g/mol. The third-order valence-electron chi connectivity index (χ3n) is 5.12. The second-order valence-electron chi connectivity index (χ2n) is 6.99. The van der Waals surface area contributed by atoms with Crippen LogP contribution in [0.15, 0.2) is 24.4 Å². The molecule has 1 aromatic carbocycles. The Morgan fingerprint density at radius 3 is 2.33 bits per heavy atom. The molecule has 0 saturated carbocycles. The number of piperazine rings is 1. The van der Waals surface area contributed by atoms with Crippen molar-refractivity contribution in [2.24, 2.45) is 0 Å². The first kappa shape index (κ1) is 19.2. The predicted molar refractivity (Wildman–Crippen MR) is 101 cm³/mol. The molecule has 0 unspecified atom stereocenters. The van der Waals surface area contributed by atoms with Gasteiger partial charge in [0.15, 0.2) is 17.9 Å². The lowest BCUT2D eigenvalue weighted by atomic mass is 10.1. The van der Waals surface area contributed by atoms with Gasteiger partial charge in [0.25, 0.3) is 0 Å². The van der Waals surface area contributed by atoms with Gasteiger partial charge in [0.1, 0.15) is 5.82 Å². The van der Waals surface area contributed by atoms with Gasteiger partial charge in [-0.1, -0.05) is 0 Å². The number of nitrogens with one attached hydrogen (secondary N) is 1. The van der Waals surface area contributed by atoms with Crippen LogP contribution in [-0.4, -0.2) is 52.9 Å². The van der Waals surface area contributed by atoms with E-state index in [1.807, 2.05) is 13.0 Å². The van der Waals surface area contributed by atoms with Gasteiger partial charge >= 0.3 is 0 Å². The van der Waals surface area contributed by atoms with Crippen molar-refractivity contribution in [2.75, 3.05) is 26.2 Å². The van der Waals surface area contributed by atoms with E-state index in [1.54, 1.807) is 4.57 Å². The number of benzene rings is 1. The Morgan fingerprint density at radius 2 is 1.78 bits per heavy atom. The molecule has 0 amide bonds. The molecule has 144 valence electrons. The second-order valence-corrected chi connectivity index (χ2v) is 6.99. The standard InChI is InChI=1S/C20H24F2N4O/c1-4-19(25-7-5-24(6-8-25)13(2)3)26-11-14(12-27)20(23)15-9-16(21)17(22)10-18(15)26/h4,9-13,23H,5-8H2,1-3H3. The molecule has 1 saturated heterocycles. The van der Waals surface area contributed by atoms with E-state index in [1.165, 1.54) is 6.20 Å². The quantitative estimate of drug-likeness (QED) is 0.837. The van der Waals surface area contributed by atoms with Crippen LogP contribution in [0.4, 0.5) is 8.78 Å². The van der Waals surface area contributed by atoms with Crippen molar-refractivity contribution < 1.29 is 13.6 Å². The topological polar surface area (TPSA) is 52.3 Å². The highest BCUT2D eigenvalue weighted by Gasteiger charge is 2.22. The molecule has 1 fully saturated rings. The number of hydrogen-bond donors (Lipinski definition) is 1. The highest BCUT2D eigenvalue weighted by atomic mass is 19.2. The van der Waals surface area contributed by atoms with Crippen LogP contribution in [0.5, 0.6) is 0 Å². The SMILES string of the molecule is CC=C(N1CCN(C(C)C)CC1)n1cc(C=O)c(=N)c2cc(F)c(F)cc21. The van der Waals surface area contributed by atoms with Gasteiger partial charge in [-0.3, -0.25) is 15.1 Å². The van der Waals surface area contributed by atoms with Crippen LogP contribution >= 0.6 is 0 Å². The molecule has 2 aromatic rings. The first-order valence-electron chi connectivity index (χ1n) is 9.07. The van der Waals surface area contributed by atoms with Crippen molar-refractivity contribution in [3.05, 3.63) is 47.0 Å². The Hall–Kier alpha value is -2.54. The van der Waals surface area contributed by atoms with Crippen LogP contribution < -0.4 is 5.36 Å². The summed E-state index contributed by atoms with van der Waals surface area (Å²) < 4.78 is 29.4. The van der Waals surface area contributed by atoms with Crippen molar-refractivity contribution in [3.63, 3.8) is 0 Å². The molecule has 27 heavy (non-hydrogen) atoms. The number of pyridine rings is 1. The highest BCUT2D eigenvalue weighted by molar-refractivity contribution is 5.87. The summed E-state index contributed by atoms with van der Waals surface area (Å²) in [4.78, 5) is 16.0. The Balaban J connectivity index is 2.12. The Labute approximate surface area is 157 Å².